The van der Waals surface area contributed by atoms with E-state index in [1.54, 1.807) is 0 Å². The van der Waals surface area contributed by atoms with Gasteiger partial charge in [-0.25, -0.2) is 9.13 Å². The zero-order valence-electron chi connectivity index (χ0n) is 13.0. The van der Waals surface area contributed by atoms with Gasteiger partial charge in [0.25, 0.3) is 0 Å². The van der Waals surface area contributed by atoms with Crippen molar-refractivity contribution in [1.29, 1.82) is 0 Å². The molecule has 0 saturated carbocycles. The molecule has 0 aliphatic rings. The summed E-state index contributed by atoms with van der Waals surface area (Å²) in [4.78, 5) is 0. The van der Waals surface area contributed by atoms with Crippen LogP contribution >= 0.6 is 0 Å². The summed E-state index contributed by atoms with van der Waals surface area (Å²) in [5.41, 5.74) is 3.94. The molecule has 0 bridgehead atoms. The van der Waals surface area contributed by atoms with Gasteiger partial charge in [0.15, 0.2) is 24.8 Å². The van der Waals surface area contributed by atoms with Gasteiger partial charge >= 0.3 is 0 Å². The van der Waals surface area contributed by atoms with Crippen molar-refractivity contribution in [2.24, 2.45) is 7.05 Å². The molecule has 2 nitrogen and oxygen atoms in total. The molecule has 2 rings (SSSR count). The monoisotopic (exact) mass is 270 g/mol. The quantitative estimate of drug-likeness (QED) is 0.562. The molecule has 0 unspecified atom stereocenters. The summed E-state index contributed by atoms with van der Waals surface area (Å²) < 4.78 is 4.38. The zero-order chi connectivity index (χ0) is 14.4. The first kappa shape index (κ1) is 14.7. The van der Waals surface area contributed by atoms with E-state index in [1.165, 1.54) is 42.4 Å². The Morgan fingerprint density at radius 2 is 1.70 bits per heavy atom. The summed E-state index contributed by atoms with van der Waals surface area (Å²) in [5, 5.41) is 0. The number of nitrogens with zero attached hydrogens (tertiary/aromatic N) is 2. The summed E-state index contributed by atoms with van der Waals surface area (Å²) in [6.07, 6.45) is 13.9. The lowest BCUT2D eigenvalue weighted by molar-refractivity contribution is -0.697. The van der Waals surface area contributed by atoms with Gasteiger partial charge in [-0.1, -0.05) is 19.8 Å². The number of pyridine rings is 2. The minimum absolute atomic E-state index is 1.13. The molecule has 106 valence electrons. The number of hydrogen-bond acceptors (Lipinski definition) is 0. The molecule has 2 aromatic rings. The molecule has 0 atom stereocenters. The first-order valence-electron chi connectivity index (χ1n) is 7.66. The van der Waals surface area contributed by atoms with Crippen LogP contribution in [0.5, 0.6) is 0 Å². The molecule has 0 spiro atoms. The average Bonchev–Trinajstić information content (AvgIpc) is 2.45. The van der Waals surface area contributed by atoms with Crippen LogP contribution in [0.1, 0.15) is 38.2 Å². The van der Waals surface area contributed by atoms with Gasteiger partial charge in [-0.05, 0) is 24.5 Å². The van der Waals surface area contributed by atoms with Crippen LogP contribution in [-0.4, -0.2) is 0 Å². The molecule has 20 heavy (non-hydrogen) atoms. The molecule has 2 heteroatoms. The van der Waals surface area contributed by atoms with Crippen molar-refractivity contribution in [3.8, 4) is 11.1 Å². The van der Waals surface area contributed by atoms with E-state index in [2.05, 4.69) is 73.0 Å². The van der Waals surface area contributed by atoms with Crippen molar-refractivity contribution in [2.45, 2.75) is 46.1 Å². The van der Waals surface area contributed by atoms with Gasteiger partial charge in [-0.2, -0.15) is 0 Å². The van der Waals surface area contributed by atoms with Crippen LogP contribution in [0, 0.1) is 6.92 Å². The molecular formula is C18H26N2+2. The van der Waals surface area contributed by atoms with Gasteiger partial charge in [-0.3, -0.25) is 0 Å². The first-order valence-corrected chi connectivity index (χ1v) is 7.66. The third-order valence-electron chi connectivity index (χ3n) is 3.77. The minimum Gasteiger partial charge on any atom is -0.207 e. The van der Waals surface area contributed by atoms with Gasteiger partial charge < -0.3 is 0 Å². The Morgan fingerprint density at radius 1 is 0.950 bits per heavy atom. The van der Waals surface area contributed by atoms with E-state index in [9.17, 15) is 0 Å². The van der Waals surface area contributed by atoms with Crippen molar-refractivity contribution in [2.75, 3.05) is 0 Å². The van der Waals surface area contributed by atoms with Crippen LogP contribution < -0.4 is 9.13 Å². The summed E-state index contributed by atoms with van der Waals surface area (Å²) in [5.74, 6) is 0. The van der Waals surface area contributed by atoms with Gasteiger partial charge in [0, 0.05) is 30.2 Å². The summed E-state index contributed by atoms with van der Waals surface area (Å²) in [6, 6.07) is 6.64. The number of aromatic nitrogens is 2. The Bertz CT molecular complexity index is 544. The van der Waals surface area contributed by atoms with E-state index in [0.717, 1.165) is 6.54 Å². The maximum atomic E-state index is 2.29. The fourth-order valence-corrected chi connectivity index (χ4v) is 2.57. The Balaban J connectivity index is 2.04. The fourth-order valence-electron chi connectivity index (χ4n) is 2.57. The van der Waals surface area contributed by atoms with Crippen LogP contribution in [0.25, 0.3) is 11.1 Å². The van der Waals surface area contributed by atoms with Gasteiger partial charge in [0.05, 0.1) is 0 Å². The third-order valence-corrected chi connectivity index (χ3v) is 3.77. The number of rotatable bonds is 6. The van der Waals surface area contributed by atoms with E-state index in [4.69, 9.17) is 0 Å². The second-order valence-electron chi connectivity index (χ2n) is 5.59. The molecule has 0 aliphatic carbocycles. The Hall–Kier alpha value is -1.70. The molecule has 0 saturated heterocycles. The van der Waals surface area contributed by atoms with Crippen LogP contribution in [0.15, 0.2) is 43.0 Å². The fraction of sp³-hybridized carbons (Fsp3) is 0.444. The van der Waals surface area contributed by atoms with E-state index in [1.807, 2.05) is 0 Å². The second kappa shape index (κ2) is 7.18. The predicted molar refractivity (Wildman–Crippen MR) is 82.1 cm³/mol. The molecule has 2 aromatic heterocycles. The van der Waals surface area contributed by atoms with E-state index >= 15 is 0 Å². The average molecular weight is 270 g/mol. The Morgan fingerprint density at radius 3 is 2.35 bits per heavy atom. The Kier molecular flexibility index (Phi) is 5.28. The molecular weight excluding hydrogens is 244 g/mol. The van der Waals surface area contributed by atoms with Crippen molar-refractivity contribution in [3.05, 3.63) is 48.5 Å². The lowest BCUT2D eigenvalue weighted by atomic mass is 10.0. The maximum absolute atomic E-state index is 2.29. The number of unbranched alkanes of at least 4 members (excludes halogenated alkanes) is 3. The highest BCUT2D eigenvalue weighted by Crippen LogP contribution is 2.20. The van der Waals surface area contributed by atoms with Gasteiger partial charge in [0.2, 0.25) is 0 Å². The molecule has 0 fully saturated rings. The highest BCUT2D eigenvalue weighted by Gasteiger charge is 2.07. The molecule has 0 aliphatic heterocycles. The summed E-state index contributed by atoms with van der Waals surface area (Å²) in [7, 11) is 2.06. The highest BCUT2D eigenvalue weighted by molar-refractivity contribution is 5.64. The molecule has 0 N–H and O–H groups in total. The van der Waals surface area contributed by atoms with Crippen molar-refractivity contribution < 1.29 is 9.13 Å². The topological polar surface area (TPSA) is 7.76 Å². The van der Waals surface area contributed by atoms with Crippen molar-refractivity contribution >= 4 is 0 Å². The number of hydrogen-bond donors (Lipinski definition) is 0. The molecule has 0 radical (unpaired) electrons. The lowest BCUT2D eigenvalue weighted by Crippen LogP contribution is -2.32. The van der Waals surface area contributed by atoms with Crippen LogP contribution in [-0.2, 0) is 13.6 Å². The third kappa shape index (κ3) is 3.89. The van der Waals surface area contributed by atoms with E-state index < -0.39 is 0 Å². The normalized spacial score (nSPS) is 10.8. The summed E-state index contributed by atoms with van der Waals surface area (Å²) >= 11 is 0. The lowest BCUT2D eigenvalue weighted by Gasteiger charge is -2.04. The summed E-state index contributed by atoms with van der Waals surface area (Å²) in [6.45, 7) is 5.55. The largest absolute Gasteiger partial charge is 0.207 e. The predicted octanol–water partition coefficient (Wildman–Crippen LogP) is 3.35. The SMILES string of the molecule is CCCCCC[n+]1ccc(-c2cc[n+](C)cc2C)cc1. The van der Waals surface area contributed by atoms with Gasteiger partial charge in [0.1, 0.15) is 13.6 Å². The molecule has 2 heterocycles. The van der Waals surface area contributed by atoms with E-state index in [-0.39, 0.29) is 0 Å². The van der Waals surface area contributed by atoms with Gasteiger partial charge in [-0.15, -0.1) is 0 Å². The zero-order valence-corrected chi connectivity index (χ0v) is 13.0. The Labute approximate surface area is 122 Å². The number of aryl methyl sites for hydroxylation is 3. The van der Waals surface area contributed by atoms with Crippen LogP contribution in [0.3, 0.4) is 0 Å². The molecule has 0 amide bonds. The smallest absolute Gasteiger partial charge is 0.172 e. The maximum Gasteiger partial charge on any atom is 0.172 e. The first-order chi connectivity index (χ1) is 9.70. The highest BCUT2D eigenvalue weighted by atomic mass is 14.9. The van der Waals surface area contributed by atoms with Crippen molar-refractivity contribution in [1.82, 2.24) is 0 Å². The molecule has 0 aromatic carbocycles. The van der Waals surface area contributed by atoms with Crippen LogP contribution in [0.4, 0.5) is 0 Å². The second-order valence-corrected chi connectivity index (χ2v) is 5.59. The standard InChI is InChI=1S/C18H26N2/c1-4-5-6-7-11-20-13-8-17(9-14-20)18-10-12-19(3)15-16(18)2/h8-10,12-15H,4-7,11H2,1-3H3/q+2. The van der Waals surface area contributed by atoms with E-state index in [0.29, 0.717) is 0 Å². The van der Waals surface area contributed by atoms with Crippen LogP contribution in [0.2, 0.25) is 0 Å². The van der Waals surface area contributed by atoms with Crippen molar-refractivity contribution in [3.63, 3.8) is 0 Å². The minimum atomic E-state index is 1.13.